The molecule has 0 saturated heterocycles. The zero-order chi connectivity index (χ0) is 12.8. The summed E-state index contributed by atoms with van der Waals surface area (Å²) >= 11 is 0. The van der Waals surface area contributed by atoms with Gasteiger partial charge >= 0.3 is 0 Å². The Labute approximate surface area is 117 Å². The van der Waals surface area contributed by atoms with Gasteiger partial charge in [0, 0.05) is 11.5 Å². The average molecular weight is 277 g/mol. The SMILES string of the molecule is CCCCCCCCCSSCC(C)CCC. The summed E-state index contributed by atoms with van der Waals surface area (Å²) in [5.41, 5.74) is 0. The highest BCUT2D eigenvalue weighted by Gasteiger charge is 2.00. The highest BCUT2D eigenvalue weighted by molar-refractivity contribution is 8.76. The standard InChI is InChI=1S/C15H32S2/c1-4-6-7-8-9-10-11-13-16-17-14-15(3)12-5-2/h15H,4-14H2,1-3H3. The summed E-state index contributed by atoms with van der Waals surface area (Å²) in [5, 5.41) is 0. The van der Waals surface area contributed by atoms with Crippen molar-refractivity contribution in [3.05, 3.63) is 0 Å². The van der Waals surface area contributed by atoms with Gasteiger partial charge in [-0.1, -0.05) is 93.7 Å². The van der Waals surface area contributed by atoms with Crippen molar-refractivity contribution in [2.24, 2.45) is 5.92 Å². The van der Waals surface area contributed by atoms with Crippen LogP contribution in [0.5, 0.6) is 0 Å². The monoisotopic (exact) mass is 276 g/mol. The lowest BCUT2D eigenvalue weighted by Crippen LogP contribution is -1.95. The van der Waals surface area contributed by atoms with E-state index in [1.807, 2.05) is 0 Å². The third-order valence-electron chi connectivity index (χ3n) is 3.05. The number of rotatable bonds is 13. The number of hydrogen-bond donors (Lipinski definition) is 0. The van der Waals surface area contributed by atoms with Gasteiger partial charge in [-0.2, -0.15) is 0 Å². The van der Waals surface area contributed by atoms with E-state index in [2.05, 4.69) is 42.4 Å². The van der Waals surface area contributed by atoms with Crippen molar-refractivity contribution in [1.82, 2.24) is 0 Å². The summed E-state index contributed by atoms with van der Waals surface area (Å²) < 4.78 is 0. The molecule has 0 aromatic heterocycles. The maximum atomic E-state index is 2.38. The van der Waals surface area contributed by atoms with Gasteiger partial charge in [0.2, 0.25) is 0 Å². The summed E-state index contributed by atoms with van der Waals surface area (Å²) in [4.78, 5) is 0. The molecule has 0 radical (unpaired) electrons. The molecule has 0 amide bonds. The Morgan fingerprint density at radius 1 is 0.765 bits per heavy atom. The highest BCUT2D eigenvalue weighted by Crippen LogP contribution is 2.26. The quantitative estimate of drug-likeness (QED) is 0.276. The van der Waals surface area contributed by atoms with Gasteiger partial charge in [0.05, 0.1) is 0 Å². The molecule has 0 bridgehead atoms. The summed E-state index contributed by atoms with van der Waals surface area (Å²) in [6, 6.07) is 0. The molecular weight excluding hydrogens is 244 g/mol. The molecule has 0 heterocycles. The Balaban J connectivity index is 2.98. The van der Waals surface area contributed by atoms with Crippen LogP contribution in [0.25, 0.3) is 0 Å². The Morgan fingerprint density at radius 2 is 1.41 bits per heavy atom. The Kier molecular flexibility index (Phi) is 15.4. The second-order valence-corrected chi connectivity index (χ2v) is 7.75. The number of hydrogen-bond acceptors (Lipinski definition) is 2. The molecule has 0 spiro atoms. The summed E-state index contributed by atoms with van der Waals surface area (Å²) in [6.07, 6.45) is 12.8. The molecule has 0 aliphatic heterocycles. The van der Waals surface area contributed by atoms with Crippen molar-refractivity contribution >= 4 is 21.6 Å². The largest absolute Gasteiger partial charge is 0.0941 e. The van der Waals surface area contributed by atoms with Crippen LogP contribution in [0.4, 0.5) is 0 Å². The minimum absolute atomic E-state index is 0.909. The Hall–Kier alpha value is 0.700. The molecule has 0 rings (SSSR count). The third-order valence-corrected chi connectivity index (χ3v) is 5.78. The molecular formula is C15H32S2. The molecule has 0 aromatic carbocycles. The van der Waals surface area contributed by atoms with Crippen LogP contribution in [0.2, 0.25) is 0 Å². The average Bonchev–Trinajstić information content (AvgIpc) is 2.32. The van der Waals surface area contributed by atoms with Gasteiger partial charge in [-0.25, -0.2) is 0 Å². The molecule has 2 heteroatoms. The lowest BCUT2D eigenvalue weighted by Gasteiger charge is -2.08. The van der Waals surface area contributed by atoms with E-state index in [1.165, 1.54) is 69.3 Å². The minimum Gasteiger partial charge on any atom is -0.0941 e. The molecule has 0 fully saturated rings. The van der Waals surface area contributed by atoms with Crippen molar-refractivity contribution in [1.29, 1.82) is 0 Å². The predicted octanol–water partition coefficient (Wildman–Crippen LogP) is 6.55. The van der Waals surface area contributed by atoms with E-state index in [1.54, 1.807) is 0 Å². The van der Waals surface area contributed by atoms with Crippen LogP contribution in [-0.4, -0.2) is 11.5 Å². The maximum Gasteiger partial charge on any atom is 0.00626 e. The molecule has 0 N–H and O–H groups in total. The van der Waals surface area contributed by atoms with Crippen LogP contribution < -0.4 is 0 Å². The molecule has 0 aliphatic carbocycles. The smallest absolute Gasteiger partial charge is 0.00626 e. The van der Waals surface area contributed by atoms with Gasteiger partial charge < -0.3 is 0 Å². The molecule has 0 nitrogen and oxygen atoms in total. The van der Waals surface area contributed by atoms with Crippen molar-refractivity contribution in [2.45, 2.75) is 78.6 Å². The molecule has 17 heavy (non-hydrogen) atoms. The fraction of sp³-hybridized carbons (Fsp3) is 1.00. The van der Waals surface area contributed by atoms with Crippen molar-refractivity contribution in [3.8, 4) is 0 Å². The second kappa shape index (κ2) is 14.8. The van der Waals surface area contributed by atoms with Crippen molar-refractivity contribution in [2.75, 3.05) is 11.5 Å². The first-order valence-corrected chi connectivity index (χ1v) is 10.0. The van der Waals surface area contributed by atoms with Crippen LogP contribution in [0, 0.1) is 5.92 Å². The van der Waals surface area contributed by atoms with Crippen LogP contribution in [0.1, 0.15) is 78.6 Å². The summed E-state index contributed by atoms with van der Waals surface area (Å²) in [6.45, 7) is 6.95. The van der Waals surface area contributed by atoms with E-state index in [4.69, 9.17) is 0 Å². The van der Waals surface area contributed by atoms with Gasteiger partial charge in [0.1, 0.15) is 0 Å². The zero-order valence-corrected chi connectivity index (χ0v) is 13.8. The summed E-state index contributed by atoms with van der Waals surface area (Å²) in [7, 11) is 4.18. The van der Waals surface area contributed by atoms with Crippen LogP contribution >= 0.6 is 21.6 Å². The van der Waals surface area contributed by atoms with Crippen LogP contribution in [0.3, 0.4) is 0 Å². The van der Waals surface area contributed by atoms with Crippen molar-refractivity contribution in [3.63, 3.8) is 0 Å². The maximum absolute atomic E-state index is 2.38. The van der Waals surface area contributed by atoms with E-state index in [9.17, 15) is 0 Å². The van der Waals surface area contributed by atoms with Gasteiger partial charge in [-0.05, 0) is 12.3 Å². The van der Waals surface area contributed by atoms with Crippen molar-refractivity contribution < 1.29 is 0 Å². The zero-order valence-electron chi connectivity index (χ0n) is 12.2. The van der Waals surface area contributed by atoms with E-state index in [0.717, 1.165) is 5.92 Å². The van der Waals surface area contributed by atoms with Gasteiger partial charge in [0.15, 0.2) is 0 Å². The molecule has 0 aromatic rings. The lowest BCUT2D eigenvalue weighted by molar-refractivity contribution is 0.586. The fourth-order valence-corrected chi connectivity index (χ4v) is 4.55. The van der Waals surface area contributed by atoms with E-state index < -0.39 is 0 Å². The first-order valence-electron chi connectivity index (χ1n) is 7.55. The molecule has 1 unspecified atom stereocenters. The van der Waals surface area contributed by atoms with Crippen LogP contribution in [-0.2, 0) is 0 Å². The number of unbranched alkanes of at least 4 members (excludes halogenated alkanes) is 6. The highest BCUT2D eigenvalue weighted by atomic mass is 33.1. The summed E-state index contributed by atoms with van der Waals surface area (Å²) in [5.74, 6) is 3.61. The molecule has 0 aliphatic rings. The van der Waals surface area contributed by atoms with Gasteiger partial charge in [-0.15, -0.1) is 0 Å². The topological polar surface area (TPSA) is 0 Å². The Bertz CT molecular complexity index is 137. The molecule has 104 valence electrons. The first-order chi connectivity index (χ1) is 8.31. The first kappa shape index (κ1) is 17.7. The Morgan fingerprint density at radius 3 is 2.06 bits per heavy atom. The lowest BCUT2D eigenvalue weighted by atomic mass is 10.1. The second-order valence-electron chi connectivity index (χ2n) is 5.12. The predicted molar refractivity (Wildman–Crippen MR) is 87.0 cm³/mol. The normalized spacial score (nSPS) is 12.9. The van der Waals surface area contributed by atoms with Gasteiger partial charge in [-0.3, -0.25) is 0 Å². The van der Waals surface area contributed by atoms with E-state index in [-0.39, 0.29) is 0 Å². The molecule has 0 saturated carbocycles. The third kappa shape index (κ3) is 14.6. The van der Waals surface area contributed by atoms with Gasteiger partial charge in [0.25, 0.3) is 0 Å². The van der Waals surface area contributed by atoms with E-state index in [0.29, 0.717) is 0 Å². The minimum atomic E-state index is 0.909. The molecule has 1 atom stereocenters. The van der Waals surface area contributed by atoms with E-state index >= 15 is 0 Å². The fourth-order valence-electron chi connectivity index (χ4n) is 1.92. The van der Waals surface area contributed by atoms with Crippen LogP contribution in [0.15, 0.2) is 0 Å².